The Labute approximate surface area is 141 Å². The molecule has 126 valence electrons. The largest absolute Gasteiger partial charge is 0.598 e. The number of aromatic nitrogens is 2. The first-order chi connectivity index (χ1) is 10.7. The van der Waals surface area contributed by atoms with Crippen LogP contribution in [0.2, 0.25) is 0 Å². The quantitative estimate of drug-likeness (QED) is 0.852. The molecule has 1 aromatic heterocycles. The van der Waals surface area contributed by atoms with Gasteiger partial charge in [0.2, 0.25) is 0 Å². The second-order valence-corrected chi connectivity index (χ2v) is 8.58. The van der Waals surface area contributed by atoms with E-state index in [0.717, 1.165) is 22.4 Å². The van der Waals surface area contributed by atoms with Crippen molar-refractivity contribution >= 4 is 11.4 Å². The average molecular weight is 335 g/mol. The average Bonchev–Trinajstić information content (AvgIpc) is 2.92. The predicted octanol–water partition coefficient (Wildman–Crippen LogP) is 3.21. The molecule has 2 rings (SSSR count). The minimum absolute atomic E-state index is 0.0957. The van der Waals surface area contributed by atoms with Crippen LogP contribution in [0.3, 0.4) is 0 Å². The van der Waals surface area contributed by atoms with E-state index in [1.807, 2.05) is 59.3 Å². The molecule has 0 aliphatic carbocycles. The maximum Gasteiger partial charge on any atom is 0.136 e. The number of nitrogens with zero attached hydrogens (tertiary/aromatic N) is 2. The first-order valence-corrected chi connectivity index (χ1v) is 8.72. The van der Waals surface area contributed by atoms with Gasteiger partial charge in [0, 0.05) is 35.7 Å². The van der Waals surface area contributed by atoms with Gasteiger partial charge in [-0.1, -0.05) is 6.07 Å². The lowest BCUT2D eigenvalue weighted by atomic mass is 10.0. The van der Waals surface area contributed by atoms with Crippen molar-refractivity contribution in [3.63, 3.8) is 0 Å². The highest BCUT2D eigenvalue weighted by atomic mass is 32.2. The molecule has 2 aromatic rings. The van der Waals surface area contributed by atoms with Gasteiger partial charge in [0.25, 0.3) is 0 Å². The van der Waals surface area contributed by atoms with Gasteiger partial charge >= 0.3 is 0 Å². The molecule has 0 saturated heterocycles. The van der Waals surface area contributed by atoms with Crippen LogP contribution in [-0.2, 0) is 18.4 Å². The molecule has 1 unspecified atom stereocenters. The molecule has 1 heterocycles. The first kappa shape index (κ1) is 17.8. The topological polar surface area (TPSA) is 62.1 Å². The molecule has 1 N–H and O–H groups in total. The fourth-order valence-electron chi connectivity index (χ4n) is 2.22. The minimum Gasteiger partial charge on any atom is -0.598 e. The van der Waals surface area contributed by atoms with Gasteiger partial charge in [-0.25, -0.2) is 0 Å². The SMILES string of the molecule is COc1ccc(-c2cnn(C)c2)cc1C(C)N[S@@+]([O-])C(C)(C)C. The van der Waals surface area contributed by atoms with Gasteiger partial charge in [-0.05, 0) is 45.4 Å². The van der Waals surface area contributed by atoms with Crippen LogP contribution in [-0.4, -0.2) is 26.2 Å². The molecule has 23 heavy (non-hydrogen) atoms. The van der Waals surface area contributed by atoms with Crippen molar-refractivity contribution in [2.24, 2.45) is 7.05 Å². The van der Waals surface area contributed by atoms with Gasteiger partial charge in [-0.15, -0.1) is 4.72 Å². The normalized spacial score (nSPS) is 14.6. The van der Waals surface area contributed by atoms with Crippen LogP contribution in [0.4, 0.5) is 0 Å². The molecule has 0 aliphatic heterocycles. The number of rotatable bonds is 5. The molecule has 1 aromatic carbocycles. The van der Waals surface area contributed by atoms with Gasteiger partial charge in [0.1, 0.15) is 10.5 Å². The van der Waals surface area contributed by atoms with E-state index in [2.05, 4.69) is 15.9 Å². The molecule has 0 spiro atoms. The Morgan fingerprint density at radius 1 is 1.30 bits per heavy atom. The Morgan fingerprint density at radius 2 is 2.00 bits per heavy atom. The summed E-state index contributed by atoms with van der Waals surface area (Å²) in [6, 6.07) is 5.91. The highest BCUT2D eigenvalue weighted by Gasteiger charge is 2.29. The molecule has 0 fully saturated rings. The summed E-state index contributed by atoms with van der Waals surface area (Å²) in [6.45, 7) is 7.85. The van der Waals surface area contributed by atoms with E-state index in [1.165, 1.54) is 0 Å². The second-order valence-electron chi connectivity index (χ2n) is 6.58. The monoisotopic (exact) mass is 335 g/mol. The summed E-state index contributed by atoms with van der Waals surface area (Å²) in [4.78, 5) is 0. The molecule has 0 saturated carbocycles. The van der Waals surface area contributed by atoms with Crippen LogP contribution >= 0.6 is 0 Å². The Bertz CT molecular complexity index is 664. The van der Waals surface area contributed by atoms with Crippen LogP contribution in [0.15, 0.2) is 30.6 Å². The molecular weight excluding hydrogens is 310 g/mol. The zero-order chi connectivity index (χ0) is 17.2. The molecule has 0 radical (unpaired) electrons. The Kier molecular flexibility index (Phi) is 5.39. The Balaban J connectivity index is 2.32. The van der Waals surface area contributed by atoms with E-state index in [4.69, 9.17) is 4.74 Å². The van der Waals surface area contributed by atoms with Gasteiger partial charge < -0.3 is 9.29 Å². The van der Waals surface area contributed by atoms with Crippen molar-refractivity contribution in [1.29, 1.82) is 0 Å². The lowest BCUT2D eigenvalue weighted by Crippen LogP contribution is -2.40. The molecule has 6 heteroatoms. The van der Waals surface area contributed by atoms with E-state index in [1.54, 1.807) is 11.8 Å². The van der Waals surface area contributed by atoms with Crippen LogP contribution in [0.5, 0.6) is 5.75 Å². The number of benzene rings is 1. The minimum atomic E-state index is -1.15. The molecular formula is C17H25N3O2S. The summed E-state index contributed by atoms with van der Waals surface area (Å²) < 4.78 is 22.4. The third kappa shape index (κ3) is 4.28. The van der Waals surface area contributed by atoms with Crippen molar-refractivity contribution in [3.8, 4) is 16.9 Å². The van der Waals surface area contributed by atoms with Crippen molar-refractivity contribution in [3.05, 3.63) is 36.2 Å². The van der Waals surface area contributed by atoms with Gasteiger partial charge in [-0.3, -0.25) is 4.68 Å². The van der Waals surface area contributed by atoms with Crippen molar-refractivity contribution in [1.82, 2.24) is 14.5 Å². The number of hydrogen-bond acceptors (Lipinski definition) is 4. The predicted molar refractivity (Wildman–Crippen MR) is 94.6 cm³/mol. The summed E-state index contributed by atoms with van der Waals surface area (Å²) in [5.74, 6) is 0.781. The zero-order valence-electron chi connectivity index (χ0n) is 14.6. The lowest BCUT2D eigenvalue weighted by molar-refractivity contribution is 0.405. The smallest absolute Gasteiger partial charge is 0.136 e. The van der Waals surface area contributed by atoms with Crippen LogP contribution in [0.25, 0.3) is 11.1 Å². The highest BCUT2D eigenvalue weighted by Crippen LogP contribution is 2.31. The molecule has 5 nitrogen and oxygen atoms in total. The van der Waals surface area contributed by atoms with Gasteiger partial charge in [-0.2, -0.15) is 5.10 Å². The second kappa shape index (κ2) is 6.95. The third-order valence-electron chi connectivity index (χ3n) is 3.57. The van der Waals surface area contributed by atoms with Crippen LogP contribution in [0, 0.1) is 0 Å². The molecule has 0 amide bonds. The van der Waals surface area contributed by atoms with Crippen molar-refractivity contribution in [2.45, 2.75) is 38.5 Å². The zero-order valence-corrected chi connectivity index (χ0v) is 15.4. The third-order valence-corrected chi connectivity index (χ3v) is 5.25. The number of methoxy groups -OCH3 is 1. The summed E-state index contributed by atoms with van der Waals surface area (Å²) >= 11 is -1.15. The van der Waals surface area contributed by atoms with E-state index in [0.29, 0.717) is 0 Å². The van der Waals surface area contributed by atoms with E-state index >= 15 is 0 Å². The number of nitrogens with one attached hydrogen (secondary N) is 1. The van der Waals surface area contributed by atoms with E-state index in [-0.39, 0.29) is 10.8 Å². The standard InChI is InChI=1S/C17H25N3O2S/c1-12(19-23(21)17(2,3)4)15-9-13(7-8-16(15)22-6)14-10-18-20(5)11-14/h7-12,19H,1-6H3/t12?,23-/m0/s1. The first-order valence-electron chi connectivity index (χ1n) is 7.57. The maximum atomic E-state index is 12.4. The number of hydrogen-bond donors (Lipinski definition) is 1. The van der Waals surface area contributed by atoms with Crippen molar-refractivity contribution in [2.75, 3.05) is 7.11 Å². The maximum absolute atomic E-state index is 12.4. The van der Waals surface area contributed by atoms with Crippen molar-refractivity contribution < 1.29 is 9.29 Å². The van der Waals surface area contributed by atoms with Gasteiger partial charge in [0.05, 0.1) is 19.3 Å². The van der Waals surface area contributed by atoms with E-state index < -0.39 is 11.4 Å². The summed E-state index contributed by atoms with van der Waals surface area (Å²) in [7, 11) is 3.54. The van der Waals surface area contributed by atoms with Gasteiger partial charge in [0.15, 0.2) is 0 Å². The number of aryl methyl sites for hydroxylation is 1. The molecule has 0 aliphatic rings. The number of ether oxygens (including phenoxy) is 1. The Hall–Kier alpha value is -1.50. The molecule has 0 bridgehead atoms. The van der Waals surface area contributed by atoms with Crippen LogP contribution in [0.1, 0.15) is 39.3 Å². The fourth-order valence-corrected chi connectivity index (χ4v) is 3.03. The highest BCUT2D eigenvalue weighted by molar-refractivity contribution is 7.90. The lowest BCUT2D eigenvalue weighted by Gasteiger charge is -2.27. The Morgan fingerprint density at radius 3 is 2.52 bits per heavy atom. The fraction of sp³-hybridized carbons (Fsp3) is 0.471. The summed E-state index contributed by atoms with van der Waals surface area (Å²) in [5, 5.41) is 4.21. The van der Waals surface area contributed by atoms with Crippen LogP contribution < -0.4 is 9.46 Å². The molecule has 2 atom stereocenters. The van der Waals surface area contributed by atoms with E-state index in [9.17, 15) is 4.55 Å². The summed E-state index contributed by atoms with van der Waals surface area (Å²) in [5.41, 5.74) is 3.08. The summed E-state index contributed by atoms with van der Waals surface area (Å²) in [6.07, 6.45) is 3.80.